The van der Waals surface area contributed by atoms with Gasteiger partial charge in [0.2, 0.25) is 0 Å². The monoisotopic (exact) mass is 339 g/mol. The third-order valence-electron chi connectivity index (χ3n) is 2.51. The molecular weight excluding hydrogens is 326 g/mol. The Hall–Kier alpha value is -1.27. The van der Waals surface area contributed by atoms with E-state index in [4.69, 9.17) is 5.73 Å². The fourth-order valence-corrected chi connectivity index (χ4v) is 3.01. The lowest BCUT2D eigenvalue weighted by Crippen LogP contribution is -2.19. The number of hydrogen-bond acceptors (Lipinski definition) is 4. The molecule has 2 rings (SSSR count). The average molecular weight is 340 g/mol. The van der Waals surface area contributed by atoms with E-state index in [1.165, 1.54) is 6.07 Å². The second-order valence-electron chi connectivity index (χ2n) is 3.99. The summed E-state index contributed by atoms with van der Waals surface area (Å²) < 4.78 is 2.64. The van der Waals surface area contributed by atoms with Gasteiger partial charge in [0, 0.05) is 40.9 Å². The molecule has 0 saturated heterocycles. The second kappa shape index (κ2) is 6.77. The van der Waals surface area contributed by atoms with Gasteiger partial charge in [-0.15, -0.1) is 11.8 Å². The summed E-state index contributed by atoms with van der Waals surface area (Å²) in [5, 5.41) is 0.974. The molecule has 0 atom stereocenters. The lowest BCUT2D eigenvalue weighted by atomic mass is 10.4. The predicted molar refractivity (Wildman–Crippen MR) is 82.4 cm³/mol. The number of halogens is 1. The van der Waals surface area contributed by atoms with Crippen molar-refractivity contribution in [3.63, 3.8) is 0 Å². The number of nitrogens with zero attached hydrogens (tertiary/aromatic N) is 2. The largest absolute Gasteiger partial charge is 0.398 e. The molecular formula is C13H14BrN3OS. The Morgan fingerprint density at radius 1 is 1.37 bits per heavy atom. The van der Waals surface area contributed by atoms with Gasteiger partial charge in [0.1, 0.15) is 5.03 Å². The molecule has 4 nitrogen and oxygen atoms in total. The molecule has 0 aliphatic carbocycles. The zero-order valence-corrected chi connectivity index (χ0v) is 12.7. The lowest BCUT2D eigenvalue weighted by molar-refractivity contribution is 0.660. The molecule has 19 heavy (non-hydrogen) atoms. The molecule has 2 aromatic heterocycles. The first kappa shape index (κ1) is 14.1. The number of nitrogen functional groups attached to an aromatic ring is 1. The zero-order valence-electron chi connectivity index (χ0n) is 10.3. The highest BCUT2D eigenvalue weighted by molar-refractivity contribution is 9.10. The summed E-state index contributed by atoms with van der Waals surface area (Å²) >= 11 is 5.13. The summed E-state index contributed by atoms with van der Waals surface area (Å²) in [6.07, 6.45) is 4.34. The van der Waals surface area contributed by atoms with Crippen LogP contribution in [0.15, 0.2) is 51.0 Å². The van der Waals surface area contributed by atoms with E-state index in [1.807, 2.05) is 12.1 Å². The quantitative estimate of drug-likeness (QED) is 0.672. The maximum Gasteiger partial charge on any atom is 0.250 e. The van der Waals surface area contributed by atoms with Crippen molar-refractivity contribution in [3.05, 3.63) is 51.5 Å². The first-order chi connectivity index (χ1) is 9.16. The Labute approximate surface area is 124 Å². The van der Waals surface area contributed by atoms with E-state index in [0.717, 1.165) is 21.7 Å². The van der Waals surface area contributed by atoms with Crippen LogP contribution in [-0.2, 0) is 6.54 Å². The van der Waals surface area contributed by atoms with Gasteiger partial charge in [0.05, 0.1) is 0 Å². The first-order valence-corrected chi connectivity index (χ1v) is 7.64. The van der Waals surface area contributed by atoms with Crippen LogP contribution in [-0.4, -0.2) is 15.3 Å². The van der Waals surface area contributed by atoms with Crippen molar-refractivity contribution in [2.24, 2.45) is 0 Å². The van der Waals surface area contributed by atoms with E-state index in [2.05, 4.69) is 20.9 Å². The minimum atomic E-state index is -0.0155. The summed E-state index contributed by atoms with van der Waals surface area (Å²) in [6, 6.07) is 6.98. The highest BCUT2D eigenvalue weighted by Crippen LogP contribution is 2.24. The van der Waals surface area contributed by atoms with E-state index in [-0.39, 0.29) is 5.56 Å². The molecule has 0 radical (unpaired) electrons. The van der Waals surface area contributed by atoms with Gasteiger partial charge in [-0.2, -0.15) is 0 Å². The lowest BCUT2D eigenvalue weighted by Gasteiger charge is -2.06. The number of rotatable bonds is 5. The highest BCUT2D eigenvalue weighted by atomic mass is 79.9. The number of pyridine rings is 2. The summed E-state index contributed by atoms with van der Waals surface area (Å²) in [4.78, 5) is 15.9. The molecule has 0 aliphatic heterocycles. The third kappa shape index (κ3) is 4.11. The smallest absolute Gasteiger partial charge is 0.250 e. The Kier molecular flexibility index (Phi) is 5.04. The highest BCUT2D eigenvalue weighted by Gasteiger charge is 2.01. The fraction of sp³-hybridized carbons (Fsp3) is 0.231. The molecule has 0 aliphatic rings. The number of hydrogen-bond donors (Lipinski definition) is 1. The molecule has 2 N–H and O–H groups in total. The number of aryl methyl sites for hydroxylation is 1. The number of nitrogens with two attached hydrogens (primary N) is 1. The van der Waals surface area contributed by atoms with Crippen molar-refractivity contribution in [1.82, 2.24) is 9.55 Å². The summed E-state index contributed by atoms with van der Waals surface area (Å²) in [5.74, 6) is 0.900. The van der Waals surface area contributed by atoms with Gasteiger partial charge >= 0.3 is 0 Å². The molecule has 2 heterocycles. The molecule has 0 saturated carbocycles. The number of anilines is 1. The maximum atomic E-state index is 11.6. The second-order valence-corrected chi connectivity index (χ2v) is 5.92. The Balaban J connectivity index is 1.86. The summed E-state index contributed by atoms with van der Waals surface area (Å²) in [6.45, 7) is 0.668. The van der Waals surface area contributed by atoms with Gasteiger partial charge < -0.3 is 10.3 Å². The van der Waals surface area contributed by atoms with E-state index < -0.39 is 0 Å². The topological polar surface area (TPSA) is 60.9 Å². The van der Waals surface area contributed by atoms with Crippen LogP contribution in [0.2, 0.25) is 0 Å². The van der Waals surface area contributed by atoms with Crippen molar-refractivity contribution in [2.45, 2.75) is 18.0 Å². The van der Waals surface area contributed by atoms with E-state index in [0.29, 0.717) is 12.2 Å². The van der Waals surface area contributed by atoms with E-state index >= 15 is 0 Å². The molecule has 0 aromatic carbocycles. The van der Waals surface area contributed by atoms with Crippen LogP contribution in [0.5, 0.6) is 0 Å². The van der Waals surface area contributed by atoms with Crippen molar-refractivity contribution in [2.75, 3.05) is 11.5 Å². The van der Waals surface area contributed by atoms with Crippen LogP contribution in [0, 0.1) is 0 Å². The van der Waals surface area contributed by atoms with Crippen LogP contribution in [0.25, 0.3) is 0 Å². The third-order valence-corrected chi connectivity index (χ3v) is 4.51. The molecule has 2 aromatic rings. The first-order valence-electron chi connectivity index (χ1n) is 5.86. The van der Waals surface area contributed by atoms with Gasteiger partial charge in [-0.05, 0) is 40.5 Å². The van der Waals surface area contributed by atoms with Gasteiger partial charge in [-0.25, -0.2) is 4.98 Å². The molecule has 0 fully saturated rings. The fourth-order valence-electron chi connectivity index (χ4n) is 1.61. The molecule has 0 bridgehead atoms. The van der Waals surface area contributed by atoms with Crippen molar-refractivity contribution >= 4 is 33.4 Å². The Morgan fingerprint density at radius 3 is 3.00 bits per heavy atom. The number of thioether (sulfide) groups is 1. The summed E-state index contributed by atoms with van der Waals surface area (Å²) in [5.41, 5.74) is 6.26. The van der Waals surface area contributed by atoms with Crippen LogP contribution in [0.4, 0.5) is 5.69 Å². The van der Waals surface area contributed by atoms with Crippen LogP contribution in [0.1, 0.15) is 6.42 Å². The van der Waals surface area contributed by atoms with Crippen LogP contribution < -0.4 is 11.3 Å². The summed E-state index contributed by atoms with van der Waals surface area (Å²) in [7, 11) is 0. The SMILES string of the molecule is Nc1ccc(=O)n(CCCSc2ncccc2Br)c1. The molecule has 100 valence electrons. The predicted octanol–water partition coefficient (Wildman–Crippen LogP) is 2.77. The standard InChI is InChI=1S/C13H14BrN3OS/c14-11-3-1-6-16-13(11)19-8-2-7-17-9-10(15)4-5-12(17)18/h1,3-6,9H,2,7-8,15H2. The Bertz CT molecular complexity index is 615. The molecule has 0 spiro atoms. The van der Waals surface area contributed by atoms with Crippen molar-refractivity contribution in [3.8, 4) is 0 Å². The minimum Gasteiger partial charge on any atom is -0.398 e. The average Bonchev–Trinajstić information content (AvgIpc) is 2.40. The van der Waals surface area contributed by atoms with Crippen molar-refractivity contribution < 1.29 is 0 Å². The maximum absolute atomic E-state index is 11.6. The molecule has 6 heteroatoms. The van der Waals surface area contributed by atoms with Gasteiger partial charge in [-0.1, -0.05) is 0 Å². The van der Waals surface area contributed by atoms with E-state index in [1.54, 1.807) is 34.8 Å². The van der Waals surface area contributed by atoms with Gasteiger partial charge in [-0.3, -0.25) is 4.79 Å². The van der Waals surface area contributed by atoms with Gasteiger partial charge in [0.25, 0.3) is 5.56 Å². The Morgan fingerprint density at radius 2 is 2.21 bits per heavy atom. The van der Waals surface area contributed by atoms with Crippen LogP contribution in [0.3, 0.4) is 0 Å². The number of aromatic nitrogens is 2. The zero-order chi connectivity index (χ0) is 13.7. The minimum absolute atomic E-state index is 0.0155. The van der Waals surface area contributed by atoms with E-state index in [9.17, 15) is 4.79 Å². The van der Waals surface area contributed by atoms with Gasteiger partial charge in [0.15, 0.2) is 0 Å². The van der Waals surface area contributed by atoms with Crippen LogP contribution >= 0.6 is 27.7 Å². The van der Waals surface area contributed by atoms with Crippen molar-refractivity contribution in [1.29, 1.82) is 0 Å². The molecule has 0 amide bonds. The normalized spacial score (nSPS) is 10.6. The molecule has 0 unspecified atom stereocenters.